The fourth-order valence-corrected chi connectivity index (χ4v) is 6.81. The average Bonchev–Trinajstić information content (AvgIpc) is 3.26. The van der Waals surface area contributed by atoms with Crippen LogP contribution < -0.4 is 10.6 Å². The lowest BCUT2D eigenvalue weighted by molar-refractivity contribution is -0.199. The monoisotopic (exact) mass is 518 g/mol. The number of hydrogen-bond acceptors (Lipinski definition) is 6. The van der Waals surface area contributed by atoms with Gasteiger partial charge in [-0.05, 0) is 54.9 Å². The Morgan fingerprint density at radius 3 is 2.53 bits per heavy atom. The van der Waals surface area contributed by atoms with Gasteiger partial charge in [0.15, 0.2) is 0 Å². The molecule has 1 saturated heterocycles. The number of rotatable bonds is 9. The lowest BCUT2D eigenvalue weighted by Gasteiger charge is -2.64. The molecule has 3 saturated carbocycles. The second-order valence-electron chi connectivity index (χ2n) is 12.4. The molecule has 9 heteroatoms. The van der Waals surface area contributed by atoms with Crippen LogP contribution in [-0.2, 0) is 20.5 Å². The van der Waals surface area contributed by atoms with Gasteiger partial charge in [0.25, 0.3) is 5.91 Å². The van der Waals surface area contributed by atoms with E-state index in [1.54, 1.807) is 0 Å². The van der Waals surface area contributed by atoms with Gasteiger partial charge in [-0.2, -0.15) is 0 Å². The summed E-state index contributed by atoms with van der Waals surface area (Å²) in [6, 6.07) is 8.87. The number of carbonyl (C=O) groups is 2. The SMILES string of the molecule is CC(C)C[C@H](NC(=O)C(Cc1ccccc1)NC(=O)c1cnccn1)B1OC2CC3C[C@@H](C3(C)C)[C@]2(C)O1. The van der Waals surface area contributed by atoms with Crippen LogP contribution in [0.4, 0.5) is 0 Å². The van der Waals surface area contributed by atoms with E-state index < -0.39 is 19.1 Å². The van der Waals surface area contributed by atoms with Crippen LogP contribution >= 0.6 is 0 Å². The fourth-order valence-electron chi connectivity index (χ4n) is 6.81. The predicted molar refractivity (Wildman–Crippen MR) is 145 cm³/mol. The van der Waals surface area contributed by atoms with Crippen LogP contribution in [0.25, 0.3) is 0 Å². The van der Waals surface area contributed by atoms with Gasteiger partial charge in [-0.1, -0.05) is 58.0 Å². The van der Waals surface area contributed by atoms with Crippen LogP contribution in [-0.4, -0.2) is 52.6 Å². The molecule has 0 spiro atoms. The molecule has 8 nitrogen and oxygen atoms in total. The Morgan fingerprint density at radius 1 is 1.11 bits per heavy atom. The topological polar surface area (TPSA) is 102 Å². The molecule has 2 amide bonds. The van der Waals surface area contributed by atoms with Crippen LogP contribution in [0.2, 0.25) is 0 Å². The van der Waals surface area contributed by atoms with Crippen molar-refractivity contribution in [3.8, 4) is 0 Å². The third kappa shape index (κ3) is 5.10. The molecule has 1 aromatic heterocycles. The maximum absolute atomic E-state index is 13.8. The first kappa shape index (κ1) is 26.8. The second kappa shape index (κ2) is 10.4. The van der Waals surface area contributed by atoms with Crippen molar-refractivity contribution < 1.29 is 18.9 Å². The number of hydrogen-bond donors (Lipinski definition) is 2. The highest BCUT2D eigenvalue weighted by Gasteiger charge is 2.68. The quantitative estimate of drug-likeness (QED) is 0.492. The van der Waals surface area contributed by atoms with Gasteiger partial charge < -0.3 is 19.9 Å². The largest absolute Gasteiger partial charge is 0.481 e. The van der Waals surface area contributed by atoms with Gasteiger partial charge >= 0.3 is 7.12 Å². The van der Waals surface area contributed by atoms with Gasteiger partial charge in [0.2, 0.25) is 5.91 Å². The Kier molecular flexibility index (Phi) is 7.35. The van der Waals surface area contributed by atoms with Gasteiger partial charge in [-0.15, -0.1) is 0 Å². The highest BCUT2D eigenvalue weighted by molar-refractivity contribution is 6.48. The van der Waals surface area contributed by atoms with Gasteiger partial charge in [-0.25, -0.2) is 4.98 Å². The summed E-state index contributed by atoms with van der Waals surface area (Å²) in [6.07, 6.45) is 7.60. The van der Waals surface area contributed by atoms with Crippen molar-refractivity contribution in [2.45, 2.75) is 84.0 Å². The summed E-state index contributed by atoms with van der Waals surface area (Å²) in [7, 11) is -0.528. The molecule has 6 atom stereocenters. The van der Waals surface area contributed by atoms with E-state index in [0.29, 0.717) is 30.6 Å². The Bertz CT molecular complexity index is 1150. The zero-order valence-electron chi connectivity index (χ0n) is 23.0. The van der Waals surface area contributed by atoms with E-state index in [-0.39, 0.29) is 34.7 Å². The third-order valence-corrected chi connectivity index (χ3v) is 9.05. The lowest BCUT2D eigenvalue weighted by Crippen LogP contribution is -2.65. The molecule has 6 rings (SSSR count). The Morgan fingerprint density at radius 2 is 1.87 bits per heavy atom. The van der Waals surface area contributed by atoms with Gasteiger partial charge in [-0.3, -0.25) is 14.6 Å². The molecule has 4 aliphatic rings. The standard InChI is InChI=1S/C29H39BN4O4/c1-18(2)13-25(30-37-24-16-20-15-23(28(20,3)4)29(24,5)38-30)34-26(35)21(14-19-9-7-6-8-10-19)33-27(36)22-17-31-11-12-32-22/h6-12,17-18,20-21,23-25H,13-16H2,1-5H3,(H,33,36)(H,34,35)/t20?,21?,23-,24?,25-,29-/m0/s1. The van der Waals surface area contributed by atoms with Crippen molar-refractivity contribution in [2.24, 2.45) is 23.2 Å². The zero-order valence-corrected chi connectivity index (χ0v) is 23.0. The molecule has 2 aromatic rings. The molecule has 1 aliphatic heterocycles. The van der Waals surface area contributed by atoms with Crippen molar-refractivity contribution >= 4 is 18.9 Å². The number of nitrogens with zero attached hydrogens (tertiary/aromatic N) is 2. The first-order valence-electron chi connectivity index (χ1n) is 13.8. The summed E-state index contributed by atoms with van der Waals surface area (Å²) in [6.45, 7) is 11.1. The van der Waals surface area contributed by atoms with Crippen molar-refractivity contribution in [2.75, 3.05) is 0 Å². The number of benzene rings is 1. The molecule has 3 aliphatic carbocycles. The van der Waals surface area contributed by atoms with Crippen molar-refractivity contribution in [1.29, 1.82) is 0 Å². The lowest BCUT2D eigenvalue weighted by atomic mass is 9.43. The minimum atomic E-state index is -0.799. The van der Waals surface area contributed by atoms with Gasteiger partial charge in [0.1, 0.15) is 11.7 Å². The fraction of sp³-hybridized carbons (Fsp3) is 0.586. The number of amides is 2. The van der Waals surface area contributed by atoms with Crippen LogP contribution in [0.5, 0.6) is 0 Å². The van der Waals surface area contributed by atoms with E-state index in [4.69, 9.17) is 9.31 Å². The van der Waals surface area contributed by atoms with Gasteiger partial charge in [0.05, 0.1) is 23.8 Å². The Hall–Kier alpha value is -2.78. The van der Waals surface area contributed by atoms with E-state index >= 15 is 0 Å². The van der Waals surface area contributed by atoms with Crippen LogP contribution in [0, 0.1) is 23.2 Å². The molecule has 2 heterocycles. The Balaban J connectivity index is 1.34. The first-order valence-corrected chi connectivity index (χ1v) is 13.8. The Labute approximate surface area is 225 Å². The predicted octanol–water partition coefficient (Wildman–Crippen LogP) is 3.62. The van der Waals surface area contributed by atoms with Crippen molar-refractivity contribution in [3.63, 3.8) is 0 Å². The summed E-state index contributed by atoms with van der Waals surface area (Å²) >= 11 is 0. The molecule has 202 valence electrons. The van der Waals surface area contributed by atoms with E-state index in [1.165, 1.54) is 25.0 Å². The third-order valence-electron chi connectivity index (χ3n) is 9.05. The zero-order chi connectivity index (χ0) is 27.1. The molecule has 0 radical (unpaired) electrons. The number of carbonyl (C=O) groups excluding carboxylic acids is 2. The van der Waals surface area contributed by atoms with Gasteiger partial charge in [0, 0.05) is 18.8 Å². The van der Waals surface area contributed by atoms with Crippen LogP contribution in [0.1, 0.15) is 69.9 Å². The molecule has 1 aromatic carbocycles. The molecule has 2 bridgehead atoms. The number of aromatic nitrogens is 2. The summed E-state index contributed by atoms with van der Waals surface area (Å²) in [5.41, 5.74) is 0.998. The summed E-state index contributed by atoms with van der Waals surface area (Å²) < 4.78 is 13.2. The molecular weight excluding hydrogens is 479 g/mol. The molecule has 2 N–H and O–H groups in total. The van der Waals surface area contributed by atoms with E-state index in [9.17, 15) is 9.59 Å². The van der Waals surface area contributed by atoms with Crippen molar-refractivity contribution in [3.05, 3.63) is 60.2 Å². The highest BCUT2D eigenvalue weighted by atomic mass is 16.7. The normalized spacial score (nSPS) is 28.7. The molecule has 38 heavy (non-hydrogen) atoms. The summed E-state index contributed by atoms with van der Waals surface area (Å²) in [5.74, 6) is 0.359. The van der Waals surface area contributed by atoms with Crippen molar-refractivity contribution in [1.82, 2.24) is 20.6 Å². The maximum atomic E-state index is 13.8. The van der Waals surface area contributed by atoms with E-state index in [0.717, 1.165) is 12.0 Å². The molecular formula is C29H39BN4O4. The second-order valence-corrected chi connectivity index (χ2v) is 12.4. The first-order chi connectivity index (χ1) is 18.1. The van der Waals surface area contributed by atoms with Crippen LogP contribution in [0.15, 0.2) is 48.9 Å². The minimum Gasteiger partial charge on any atom is -0.404 e. The summed E-state index contributed by atoms with van der Waals surface area (Å²) in [4.78, 5) is 34.8. The summed E-state index contributed by atoms with van der Waals surface area (Å²) in [5, 5.41) is 6.08. The molecule has 4 fully saturated rings. The maximum Gasteiger partial charge on any atom is 0.481 e. The average molecular weight is 518 g/mol. The number of nitrogens with one attached hydrogen (secondary N) is 2. The highest BCUT2D eigenvalue weighted by Crippen LogP contribution is 2.65. The smallest absolute Gasteiger partial charge is 0.404 e. The molecule has 3 unspecified atom stereocenters. The van der Waals surface area contributed by atoms with Crippen LogP contribution in [0.3, 0.4) is 0 Å². The van der Waals surface area contributed by atoms with E-state index in [2.05, 4.69) is 55.2 Å². The van der Waals surface area contributed by atoms with E-state index in [1.807, 2.05) is 30.3 Å². The minimum absolute atomic E-state index is 0.0345.